The van der Waals surface area contributed by atoms with Gasteiger partial charge in [-0.15, -0.1) is 0 Å². The van der Waals surface area contributed by atoms with Gasteiger partial charge in [-0.05, 0) is 44.1 Å². The van der Waals surface area contributed by atoms with Gasteiger partial charge in [-0.1, -0.05) is 13.8 Å². The molecule has 0 aromatic heterocycles. The van der Waals surface area contributed by atoms with Crippen LogP contribution < -0.4 is 14.8 Å². The fourth-order valence-electron chi connectivity index (χ4n) is 3.60. The highest BCUT2D eigenvalue weighted by Gasteiger charge is 2.28. The van der Waals surface area contributed by atoms with Crippen molar-refractivity contribution < 1.29 is 14.6 Å². The average molecular weight is 379 g/mol. The number of phenols is 1. The first-order valence-electron chi connectivity index (χ1n) is 9.78. The van der Waals surface area contributed by atoms with Gasteiger partial charge in [0.1, 0.15) is 0 Å². The number of rotatable bonds is 8. The van der Waals surface area contributed by atoms with Crippen LogP contribution in [0.15, 0.2) is 17.1 Å². The molecule has 7 nitrogen and oxygen atoms in total. The molecule has 1 saturated heterocycles. The Balaban J connectivity index is 2.14. The highest BCUT2D eigenvalue weighted by Crippen LogP contribution is 2.37. The van der Waals surface area contributed by atoms with E-state index in [0.29, 0.717) is 24.1 Å². The SMILES string of the molecule is CCNC(=NCc1cc(OC)c(O)c(OC)c1)N1CCC(N(CC)CC)C1. The highest BCUT2D eigenvalue weighted by molar-refractivity contribution is 5.80. The third-order valence-electron chi connectivity index (χ3n) is 5.08. The fourth-order valence-corrected chi connectivity index (χ4v) is 3.60. The smallest absolute Gasteiger partial charge is 0.200 e. The van der Waals surface area contributed by atoms with Crippen LogP contribution in [0.1, 0.15) is 32.8 Å². The lowest BCUT2D eigenvalue weighted by Crippen LogP contribution is -2.43. The Labute approximate surface area is 163 Å². The van der Waals surface area contributed by atoms with E-state index in [-0.39, 0.29) is 5.75 Å². The van der Waals surface area contributed by atoms with Crippen molar-refractivity contribution in [2.75, 3.05) is 46.9 Å². The Kier molecular flexibility index (Phi) is 8.03. The summed E-state index contributed by atoms with van der Waals surface area (Å²) in [5, 5.41) is 13.5. The Morgan fingerprint density at radius 1 is 1.22 bits per heavy atom. The number of likely N-dealkylation sites (N-methyl/N-ethyl adjacent to an activating group) is 1. The predicted molar refractivity (Wildman–Crippen MR) is 109 cm³/mol. The molecule has 1 aromatic rings. The average Bonchev–Trinajstić information content (AvgIpc) is 3.16. The summed E-state index contributed by atoms with van der Waals surface area (Å²) in [6.07, 6.45) is 1.16. The number of nitrogens with one attached hydrogen (secondary N) is 1. The maximum absolute atomic E-state index is 10.1. The van der Waals surface area contributed by atoms with Crippen LogP contribution in [0.3, 0.4) is 0 Å². The number of nitrogens with zero attached hydrogens (tertiary/aromatic N) is 3. The van der Waals surface area contributed by atoms with E-state index in [1.165, 1.54) is 14.2 Å². The standard InChI is InChI=1S/C20H34N4O3/c1-6-21-20(24-10-9-16(14-24)23(7-2)8-3)22-13-15-11-17(26-4)19(25)18(12-15)27-5/h11-12,16,25H,6-10,13-14H2,1-5H3,(H,21,22). The van der Waals surface area contributed by atoms with Crippen molar-refractivity contribution in [2.45, 2.75) is 39.8 Å². The van der Waals surface area contributed by atoms with Crippen LogP contribution in [-0.2, 0) is 6.54 Å². The molecule has 1 fully saturated rings. The molecule has 1 unspecified atom stereocenters. The molecule has 2 rings (SSSR count). The summed E-state index contributed by atoms with van der Waals surface area (Å²) in [7, 11) is 3.06. The quantitative estimate of drug-likeness (QED) is 0.534. The zero-order chi connectivity index (χ0) is 19.8. The second-order valence-electron chi connectivity index (χ2n) is 6.63. The summed E-state index contributed by atoms with van der Waals surface area (Å²) in [5.74, 6) is 1.74. The largest absolute Gasteiger partial charge is 0.502 e. The summed E-state index contributed by atoms with van der Waals surface area (Å²) in [6.45, 7) is 12.0. The van der Waals surface area contributed by atoms with Crippen molar-refractivity contribution in [2.24, 2.45) is 4.99 Å². The van der Waals surface area contributed by atoms with Gasteiger partial charge in [0, 0.05) is 25.7 Å². The molecule has 27 heavy (non-hydrogen) atoms. The molecule has 0 bridgehead atoms. The Morgan fingerprint density at radius 3 is 2.37 bits per heavy atom. The number of hydrogen-bond donors (Lipinski definition) is 2. The molecule has 1 aromatic carbocycles. The molecule has 0 aliphatic carbocycles. The number of aliphatic imine (C=N–C) groups is 1. The number of methoxy groups -OCH3 is 2. The summed E-state index contributed by atoms with van der Waals surface area (Å²) in [4.78, 5) is 9.66. The van der Waals surface area contributed by atoms with Crippen molar-refractivity contribution in [1.82, 2.24) is 15.1 Å². The van der Waals surface area contributed by atoms with Crippen molar-refractivity contribution in [3.05, 3.63) is 17.7 Å². The van der Waals surface area contributed by atoms with Gasteiger partial charge in [-0.2, -0.15) is 0 Å². The van der Waals surface area contributed by atoms with Crippen LogP contribution >= 0.6 is 0 Å². The molecule has 152 valence electrons. The monoisotopic (exact) mass is 378 g/mol. The Hall–Kier alpha value is -2.15. The van der Waals surface area contributed by atoms with E-state index in [4.69, 9.17) is 14.5 Å². The van der Waals surface area contributed by atoms with Crippen molar-refractivity contribution in [3.63, 3.8) is 0 Å². The third-order valence-corrected chi connectivity index (χ3v) is 5.08. The minimum Gasteiger partial charge on any atom is -0.502 e. The molecular formula is C20H34N4O3. The van der Waals surface area contributed by atoms with Crippen LogP contribution in [0.4, 0.5) is 0 Å². The zero-order valence-electron chi connectivity index (χ0n) is 17.3. The maximum Gasteiger partial charge on any atom is 0.200 e. The van der Waals surface area contributed by atoms with Crippen LogP contribution in [-0.4, -0.2) is 73.9 Å². The lowest BCUT2D eigenvalue weighted by molar-refractivity contribution is 0.223. The number of ether oxygens (including phenoxy) is 2. The zero-order valence-corrected chi connectivity index (χ0v) is 17.3. The summed E-state index contributed by atoms with van der Waals surface area (Å²) < 4.78 is 10.5. The van der Waals surface area contributed by atoms with Gasteiger partial charge in [0.25, 0.3) is 0 Å². The Morgan fingerprint density at radius 2 is 1.85 bits per heavy atom. The number of aromatic hydroxyl groups is 1. The van der Waals surface area contributed by atoms with E-state index in [1.807, 2.05) is 0 Å². The molecule has 1 heterocycles. The van der Waals surface area contributed by atoms with E-state index in [9.17, 15) is 5.11 Å². The van der Waals surface area contributed by atoms with E-state index in [2.05, 4.69) is 35.9 Å². The van der Waals surface area contributed by atoms with Gasteiger partial charge in [0.15, 0.2) is 17.5 Å². The van der Waals surface area contributed by atoms with E-state index >= 15 is 0 Å². The minimum atomic E-state index is 0.0150. The van der Waals surface area contributed by atoms with Gasteiger partial charge in [0.05, 0.1) is 20.8 Å². The molecule has 0 spiro atoms. The highest BCUT2D eigenvalue weighted by atomic mass is 16.5. The number of hydrogen-bond acceptors (Lipinski definition) is 5. The number of phenolic OH excluding ortho intramolecular Hbond substituents is 1. The molecule has 7 heteroatoms. The minimum absolute atomic E-state index is 0.0150. The summed E-state index contributed by atoms with van der Waals surface area (Å²) >= 11 is 0. The van der Waals surface area contributed by atoms with Crippen LogP contribution in [0.25, 0.3) is 0 Å². The molecular weight excluding hydrogens is 344 g/mol. The van der Waals surface area contributed by atoms with Gasteiger partial charge in [-0.3, -0.25) is 4.90 Å². The molecule has 1 atom stereocenters. The fraction of sp³-hybridized carbons (Fsp3) is 0.650. The lowest BCUT2D eigenvalue weighted by Gasteiger charge is -2.27. The first-order chi connectivity index (χ1) is 13.1. The second-order valence-corrected chi connectivity index (χ2v) is 6.63. The first-order valence-corrected chi connectivity index (χ1v) is 9.78. The van der Waals surface area contributed by atoms with E-state index in [1.54, 1.807) is 12.1 Å². The van der Waals surface area contributed by atoms with Gasteiger partial charge in [0.2, 0.25) is 5.75 Å². The van der Waals surface area contributed by atoms with Gasteiger partial charge in [-0.25, -0.2) is 4.99 Å². The van der Waals surface area contributed by atoms with Crippen molar-refractivity contribution in [3.8, 4) is 17.2 Å². The van der Waals surface area contributed by atoms with E-state index < -0.39 is 0 Å². The molecule has 0 saturated carbocycles. The maximum atomic E-state index is 10.1. The normalized spacial score (nSPS) is 17.5. The van der Waals surface area contributed by atoms with Crippen LogP contribution in [0, 0.1) is 0 Å². The molecule has 1 aliphatic rings. The second kappa shape index (κ2) is 10.3. The molecule has 2 N–H and O–H groups in total. The lowest BCUT2D eigenvalue weighted by atomic mass is 10.2. The van der Waals surface area contributed by atoms with Gasteiger partial charge < -0.3 is 24.8 Å². The number of benzene rings is 1. The van der Waals surface area contributed by atoms with E-state index in [0.717, 1.165) is 50.7 Å². The van der Waals surface area contributed by atoms with Crippen molar-refractivity contribution >= 4 is 5.96 Å². The third kappa shape index (κ3) is 5.19. The molecule has 0 amide bonds. The molecule has 0 radical (unpaired) electrons. The predicted octanol–water partition coefficient (Wildman–Crippen LogP) is 2.29. The summed E-state index contributed by atoms with van der Waals surface area (Å²) in [5.41, 5.74) is 0.927. The number of guanidine groups is 1. The first kappa shape index (κ1) is 21.2. The number of likely N-dealkylation sites (tertiary alicyclic amines) is 1. The Bertz CT molecular complexity index is 607. The van der Waals surface area contributed by atoms with Crippen LogP contribution in [0.5, 0.6) is 17.2 Å². The topological polar surface area (TPSA) is 69.6 Å². The summed E-state index contributed by atoms with van der Waals surface area (Å²) in [6, 6.07) is 4.18. The van der Waals surface area contributed by atoms with Crippen molar-refractivity contribution in [1.29, 1.82) is 0 Å². The van der Waals surface area contributed by atoms with Gasteiger partial charge >= 0.3 is 0 Å². The van der Waals surface area contributed by atoms with Crippen LogP contribution in [0.2, 0.25) is 0 Å². The molecule has 1 aliphatic heterocycles.